The van der Waals surface area contributed by atoms with Crippen molar-refractivity contribution in [2.75, 3.05) is 39.5 Å². The first-order valence-electron chi connectivity index (χ1n) is 9.14. The molecule has 1 aliphatic heterocycles. The fourth-order valence-corrected chi connectivity index (χ4v) is 2.65. The highest BCUT2D eigenvalue weighted by molar-refractivity contribution is 6.62. The fourth-order valence-electron chi connectivity index (χ4n) is 2.65. The van der Waals surface area contributed by atoms with E-state index in [0.717, 1.165) is 30.7 Å². The van der Waals surface area contributed by atoms with Gasteiger partial charge in [-0.05, 0) is 72.4 Å². The quantitative estimate of drug-likeness (QED) is 0.791. The van der Waals surface area contributed by atoms with Crippen LogP contribution in [0.1, 0.15) is 34.1 Å². The summed E-state index contributed by atoms with van der Waals surface area (Å²) in [5, 5.41) is 2.92. The maximum atomic E-state index is 12.3. The minimum absolute atomic E-state index is 0.105. The van der Waals surface area contributed by atoms with E-state index in [1.54, 1.807) is 4.90 Å². The van der Waals surface area contributed by atoms with Crippen molar-refractivity contribution < 1.29 is 14.1 Å². The van der Waals surface area contributed by atoms with E-state index in [9.17, 15) is 4.79 Å². The Kier molecular flexibility index (Phi) is 6.37. The second kappa shape index (κ2) is 7.98. The average Bonchev–Trinajstić information content (AvgIpc) is 2.75. The molecule has 0 atom stereocenters. The molecular formula is C19H32BN3O3. The molecule has 1 aromatic rings. The zero-order valence-corrected chi connectivity index (χ0v) is 17.1. The Morgan fingerprint density at radius 2 is 1.54 bits per heavy atom. The fraction of sp³-hybridized carbons (Fsp3) is 0.632. The van der Waals surface area contributed by atoms with Crippen LogP contribution in [0.3, 0.4) is 0 Å². The van der Waals surface area contributed by atoms with Crippen LogP contribution < -0.4 is 10.8 Å². The maximum absolute atomic E-state index is 12.3. The van der Waals surface area contributed by atoms with E-state index in [2.05, 4.69) is 10.2 Å². The van der Waals surface area contributed by atoms with Gasteiger partial charge in [-0.25, -0.2) is 4.79 Å². The monoisotopic (exact) mass is 361 g/mol. The molecule has 2 rings (SSSR count). The third-order valence-corrected chi connectivity index (χ3v) is 5.13. The molecule has 7 heteroatoms. The van der Waals surface area contributed by atoms with Gasteiger partial charge in [0.25, 0.3) is 0 Å². The summed E-state index contributed by atoms with van der Waals surface area (Å²) < 4.78 is 12.1. The summed E-state index contributed by atoms with van der Waals surface area (Å²) in [5.74, 6) is 0. The van der Waals surface area contributed by atoms with Crippen LogP contribution in [-0.4, -0.2) is 68.4 Å². The summed E-state index contributed by atoms with van der Waals surface area (Å²) >= 11 is 0. The lowest BCUT2D eigenvalue weighted by atomic mass is 9.79. The predicted octanol–water partition coefficient (Wildman–Crippen LogP) is 2.40. The average molecular weight is 361 g/mol. The number of urea groups is 1. The lowest BCUT2D eigenvalue weighted by Gasteiger charge is -2.32. The largest absolute Gasteiger partial charge is 0.494 e. The Hall–Kier alpha value is -1.57. The molecule has 1 N–H and O–H groups in total. The summed E-state index contributed by atoms with van der Waals surface area (Å²) in [5.41, 5.74) is 0.982. The van der Waals surface area contributed by atoms with Gasteiger partial charge in [0, 0.05) is 19.3 Å². The number of amides is 2. The van der Waals surface area contributed by atoms with Crippen molar-refractivity contribution in [1.29, 1.82) is 0 Å². The molecular weight excluding hydrogens is 329 g/mol. The minimum Gasteiger partial charge on any atom is -0.399 e. The van der Waals surface area contributed by atoms with Gasteiger partial charge < -0.3 is 24.4 Å². The highest BCUT2D eigenvalue weighted by Crippen LogP contribution is 2.36. The Balaban J connectivity index is 1.91. The topological polar surface area (TPSA) is 54.0 Å². The third kappa shape index (κ3) is 4.99. The van der Waals surface area contributed by atoms with Crippen LogP contribution in [0.25, 0.3) is 0 Å². The van der Waals surface area contributed by atoms with Crippen molar-refractivity contribution in [2.24, 2.45) is 0 Å². The number of nitrogens with one attached hydrogen (secondary N) is 1. The van der Waals surface area contributed by atoms with Crippen LogP contribution in [0.2, 0.25) is 0 Å². The normalized spacial score (nSPS) is 18.2. The molecule has 2 amide bonds. The lowest BCUT2D eigenvalue weighted by Crippen LogP contribution is -2.41. The van der Waals surface area contributed by atoms with E-state index in [-0.39, 0.29) is 17.2 Å². The van der Waals surface area contributed by atoms with Gasteiger partial charge in [-0.15, -0.1) is 0 Å². The molecule has 6 nitrogen and oxygen atoms in total. The summed E-state index contributed by atoms with van der Waals surface area (Å²) in [6, 6.07) is 7.53. The molecule has 1 fully saturated rings. The summed E-state index contributed by atoms with van der Waals surface area (Å²) in [6.45, 7) is 9.82. The van der Waals surface area contributed by atoms with Crippen molar-refractivity contribution >= 4 is 24.3 Å². The molecule has 0 spiro atoms. The van der Waals surface area contributed by atoms with Gasteiger partial charge in [0.2, 0.25) is 0 Å². The third-order valence-electron chi connectivity index (χ3n) is 5.13. The molecule has 26 heavy (non-hydrogen) atoms. The molecule has 1 aromatic carbocycles. The predicted molar refractivity (Wildman–Crippen MR) is 107 cm³/mol. The molecule has 0 aromatic heterocycles. The molecule has 144 valence electrons. The Morgan fingerprint density at radius 1 is 1.00 bits per heavy atom. The van der Waals surface area contributed by atoms with Gasteiger partial charge in [0.15, 0.2) is 0 Å². The van der Waals surface area contributed by atoms with E-state index in [4.69, 9.17) is 9.31 Å². The first-order valence-corrected chi connectivity index (χ1v) is 9.14. The minimum atomic E-state index is -0.390. The Morgan fingerprint density at radius 3 is 2.04 bits per heavy atom. The van der Waals surface area contributed by atoms with Crippen LogP contribution in [0.5, 0.6) is 0 Å². The number of nitrogens with zero attached hydrogens (tertiary/aromatic N) is 2. The first-order chi connectivity index (χ1) is 12.0. The number of carbonyl (C=O) groups excluding carboxylic acids is 1. The molecule has 0 radical (unpaired) electrons. The van der Waals surface area contributed by atoms with Gasteiger partial charge in [-0.2, -0.15) is 0 Å². The number of benzene rings is 1. The summed E-state index contributed by atoms with van der Waals surface area (Å²) in [7, 11) is 5.48. The van der Waals surface area contributed by atoms with E-state index in [1.807, 2.05) is 73.1 Å². The second-order valence-electron chi connectivity index (χ2n) is 8.22. The number of anilines is 1. The highest BCUT2D eigenvalue weighted by Gasteiger charge is 2.51. The number of rotatable bonds is 6. The van der Waals surface area contributed by atoms with Gasteiger partial charge in [0.05, 0.1) is 11.2 Å². The van der Waals surface area contributed by atoms with Crippen LogP contribution >= 0.6 is 0 Å². The smallest absolute Gasteiger partial charge is 0.399 e. The maximum Gasteiger partial charge on any atom is 0.494 e. The molecule has 1 aliphatic rings. The van der Waals surface area contributed by atoms with E-state index < -0.39 is 7.12 Å². The van der Waals surface area contributed by atoms with Crippen LogP contribution in [0.4, 0.5) is 10.5 Å². The SMILES string of the molecule is CN(C)CCCN(C)C(=O)Nc1ccc(B2OC(C)(C)C(C)(C)O2)cc1. The van der Waals surface area contributed by atoms with Gasteiger partial charge in [0.1, 0.15) is 0 Å². The summed E-state index contributed by atoms with van der Waals surface area (Å²) in [6.07, 6.45) is 0.942. The Labute approximate surface area is 158 Å². The summed E-state index contributed by atoms with van der Waals surface area (Å²) in [4.78, 5) is 16.1. The van der Waals surface area contributed by atoms with Crippen molar-refractivity contribution in [2.45, 2.75) is 45.3 Å². The molecule has 0 aliphatic carbocycles. The molecule has 1 heterocycles. The molecule has 0 bridgehead atoms. The van der Waals surface area contributed by atoms with Crippen molar-refractivity contribution in [3.05, 3.63) is 24.3 Å². The molecule has 0 unspecified atom stereocenters. The van der Waals surface area contributed by atoms with Gasteiger partial charge in [-0.3, -0.25) is 0 Å². The Bertz CT molecular complexity index is 601. The van der Waals surface area contributed by atoms with Gasteiger partial charge in [-0.1, -0.05) is 12.1 Å². The number of hydrogen-bond acceptors (Lipinski definition) is 4. The van der Waals surface area contributed by atoms with E-state index in [1.165, 1.54) is 0 Å². The lowest BCUT2D eigenvalue weighted by molar-refractivity contribution is 0.00578. The van der Waals surface area contributed by atoms with E-state index in [0.29, 0.717) is 0 Å². The van der Waals surface area contributed by atoms with Crippen molar-refractivity contribution in [3.63, 3.8) is 0 Å². The van der Waals surface area contributed by atoms with Crippen molar-refractivity contribution in [1.82, 2.24) is 9.80 Å². The molecule has 0 saturated carbocycles. The second-order valence-corrected chi connectivity index (χ2v) is 8.22. The first kappa shape index (κ1) is 20.7. The van der Waals surface area contributed by atoms with Gasteiger partial charge >= 0.3 is 13.1 Å². The van der Waals surface area contributed by atoms with Crippen LogP contribution in [-0.2, 0) is 9.31 Å². The van der Waals surface area contributed by atoms with Crippen LogP contribution in [0, 0.1) is 0 Å². The van der Waals surface area contributed by atoms with E-state index >= 15 is 0 Å². The zero-order valence-electron chi connectivity index (χ0n) is 17.1. The highest BCUT2D eigenvalue weighted by atomic mass is 16.7. The van der Waals surface area contributed by atoms with Crippen LogP contribution in [0.15, 0.2) is 24.3 Å². The zero-order chi connectivity index (χ0) is 19.5. The standard InChI is InChI=1S/C19H32BN3O3/c1-18(2)19(3,4)26-20(25-18)15-9-11-16(12-10-15)21-17(24)23(7)14-8-13-22(5)6/h9-12H,8,13-14H2,1-7H3,(H,21,24). The van der Waals surface area contributed by atoms with Crippen molar-refractivity contribution in [3.8, 4) is 0 Å². The number of carbonyl (C=O) groups is 1. The molecule has 1 saturated heterocycles. The number of hydrogen-bond donors (Lipinski definition) is 1.